The summed E-state index contributed by atoms with van der Waals surface area (Å²) in [6, 6.07) is 18.9. The SMILES string of the molecule is Cc1ccc2sc(N(Cc3ccccc3)C(=O)c3cc(Cl)cc(Cl)c3)nc2c1C. The molecular formula is C23H18Cl2N2OS. The smallest absolute Gasteiger partial charge is 0.260 e. The van der Waals surface area contributed by atoms with Gasteiger partial charge in [-0.3, -0.25) is 9.69 Å². The number of halogens is 2. The van der Waals surface area contributed by atoms with E-state index in [9.17, 15) is 4.79 Å². The van der Waals surface area contributed by atoms with Crippen molar-refractivity contribution in [2.24, 2.45) is 0 Å². The van der Waals surface area contributed by atoms with Gasteiger partial charge in [0.2, 0.25) is 0 Å². The van der Waals surface area contributed by atoms with Gasteiger partial charge in [-0.25, -0.2) is 4.98 Å². The van der Waals surface area contributed by atoms with Crippen molar-refractivity contribution in [3.8, 4) is 0 Å². The van der Waals surface area contributed by atoms with Crippen molar-refractivity contribution in [3.63, 3.8) is 0 Å². The van der Waals surface area contributed by atoms with E-state index in [0.717, 1.165) is 21.3 Å². The van der Waals surface area contributed by atoms with Crippen LogP contribution < -0.4 is 4.90 Å². The number of carbonyl (C=O) groups is 1. The van der Waals surface area contributed by atoms with Crippen LogP contribution >= 0.6 is 34.5 Å². The Morgan fingerprint density at radius 3 is 2.38 bits per heavy atom. The van der Waals surface area contributed by atoms with Crippen molar-refractivity contribution in [2.45, 2.75) is 20.4 Å². The van der Waals surface area contributed by atoms with E-state index in [0.29, 0.717) is 27.3 Å². The normalized spacial score (nSPS) is 11.0. The molecule has 0 bridgehead atoms. The highest BCUT2D eigenvalue weighted by atomic mass is 35.5. The van der Waals surface area contributed by atoms with Gasteiger partial charge in [-0.1, -0.05) is 70.9 Å². The molecule has 29 heavy (non-hydrogen) atoms. The second-order valence-electron chi connectivity index (χ2n) is 6.89. The number of nitrogens with zero attached hydrogens (tertiary/aromatic N) is 2. The minimum absolute atomic E-state index is 0.188. The summed E-state index contributed by atoms with van der Waals surface area (Å²) in [4.78, 5) is 20.0. The maximum absolute atomic E-state index is 13.5. The van der Waals surface area contributed by atoms with Gasteiger partial charge in [-0.05, 0) is 54.8 Å². The van der Waals surface area contributed by atoms with Crippen molar-refractivity contribution in [1.82, 2.24) is 4.98 Å². The Hall–Kier alpha value is -2.40. The fourth-order valence-electron chi connectivity index (χ4n) is 3.16. The molecular weight excluding hydrogens is 423 g/mol. The highest BCUT2D eigenvalue weighted by Crippen LogP contribution is 2.34. The summed E-state index contributed by atoms with van der Waals surface area (Å²) < 4.78 is 1.05. The van der Waals surface area contributed by atoms with E-state index >= 15 is 0 Å². The molecule has 0 aliphatic carbocycles. The topological polar surface area (TPSA) is 33.2 Å². The molecule has 1 amide bonds. The van der Waals surface area contributed by atoms with E-state index in [-0.39, 0.29) is 5.91 Å². The Morgan fingerprint density at radius 1 is 1.00 bits per heavy atom. The van der Waals surface area contributed by atoms with E-state index in [1.807, 2.05) is 30.3 Å². The van der Waals surface area contributed by atoms with Gasteiger partial charge >= 0.3 is 0 Å². The van der Waals surface area contributed by atoms with Crippen LogP contribution in [0, 0.1) is 13.8 Å². The van der Waals surface area contributed by atoms with Crippen LogP contribution in [0.4, 0.5) is 5.13 Å². The highest BCUT2D eigenvalue weighted by Gasteiger charge is 2.23. The third-order valence-corrected chi connectivity index (χ3v) is 6.32. The Bertz CT molecular complexity index is 1180. The van der Waals surface area contributed by atoms with Gasteiger partial charge in [0, 0.05) is 15.6 Å². The lowest BCUT2D eigenvalue weighted by atomic mass is 10.1. The zero-order chi connectivity index (χ0) is 20.5. The molecule has 0 saturated heterocycles. The Labute approximate surface area is 183 Å². The third kappa shape index (κ3) is 4.15. The van der Waals surface area contributed by atoms with E-state index in [2.05, 4.69) is 26.0 Å². The van der Waals surface area contributed by atoms with Gasteiger partial charge in [0.15, 0.2) is 5.13 Å². The molecule has 3 nitrogen and oxygen atoms in total. The first-order valence-corrected chi connectivity index (χ1v) is 10.7. The van der Waals surface area contributed by atoms with Gasteiger partial charge in [-0.2, -0.15) is 0 Å². The predicted molar refractivity (Wildman–Crippen MR) is 123 cm³/mol. The van der Waals surface area contributed by atoms with Crippen LogP contribution in [0.15, 0.2) is 60.7 Å². The van der Waals surface area contributed by atoms with Crippen LogP contribution in [0.2, 0.25) is 10.0 Å². The number of hydrogen-bond donors (Lipinski definition) is 0. The minimum Gasteiger partial charge on any atom is -0.279 e. The lowest BCUT2D eigenvalue weighted by molar-refractivity contribution is 0.0985. The second kappa shape index (κ2) is 8.15. The van der Waals surface area contributed by atoms with E-state index in [1.165, 1.54) is 16.9 Å². The molecule has 0 N–H and O–H groups in total. The van der Waals surface area contributed by atoms with Gasteiger partial charge in [0.25, 0.3) is 5.91 Å². The third-order valence-electron chi connectivity index (χ3n) is 4.84. The van der Waals surface area contributed by atoms with Crippen LogP contribution in [-0.4, -0.2) is 10.9 Å². The molecule has 1 heterocycles. The molecule has 0 fully saturated rings. The molecule has 0 aliphatic heterocycles. The summed E-state index contributed by atoms with van der Waals surface area (Å²) in [6.45, 7) is 4.53. The fraction of sp³-hybridized carbons (Fsp3) is 0.130. The van der Waals surface area contributed by atoms with Crippen LogP contribution in [0.5, 0.6) is 0 Å². The maximum Gasteiger partial charge on any atom is 0.260 e. The number of thiazole rings is 1. The first kappa shape index (κ1) is 19.9. The molecule has 4 rings (SSSR count). The van der Waals surface area contributed by atoms with Crippen molar-refractivity contribution >= 4 is 55.8 Å². The molecule has 0 unspecified atom stereocenters. The average Bonchev–Trinajstić information content (AvgIpc) is 3.13. The average molecular weight is 441 g/mol. The van der Waals surface area contributed by atoms with Crippen LogP contribution in [0.1, 0.15) is 27.0 Å². The van der Waals surface area contributed by atoms with Gasteiger partial charge in [0.05, 0.1) is 16.8 Å². The molecule has 6 heteroatoms. The van der Waals surface area contributed by atoms with E-state index < -0.39 is 0 Å². The number of benzene rings is 3. The van der Waals surface area contributed by atoms with Gasteiger partial charge < -0.3 is 0 Å². The zero-order valence-corrected chi connectivity index (χ0v) is 18.3. The number of aromatic nitrogens is 1. The summed E-state index contributed by atoms with van der Waals surface area (Å²) in [5, 5.41) is 1.51. The number of hydrogen-bond acceptors (Lipinski definition) is 3. The molecule has 0 atom stereocenters. The van der Waals surface area contributed by atoms with Crippen molar-refractivity contribution in [2.75, 3.05) is 4.90 Å². The van der Waals surface area contributed by atoms with Crippen molar-refractivity contribution in [1.29, 1.82) is 0 Å². The first-order chi connectivity index (χ1) is 13.9. The summed E-state index contributed by atoms with van der Waals surface area (Å²) in [7, 11) is 0. The predicted octanol–water partition coefficient (Wildman–Crippen LogP) is 7.07. The van der Waals surface area contributed by atoms with Crippen LogP contribution in [-0.2, 0) is 6.54 Å². The standard InChI is InChI=1S/C23H18Cl2N2OS/c1-14-8-9-20-21(15(14)2)26-23(29-20)27(13-16-6-4-3-5-7-16)22(28)17-10-18(24)12-19(25)11-17/h3-12H,13H2,1-2H3. The number of fused-ring (bicyclic) bond motifs is 1. The molecule has 146 valence electrons. The van der Waals surface area contributed by atoms with Crippen LogP contribution in [0.25, 0.3) is 10.2 Å². The Balaban J connectivity index is 1.82. The second-order valence-corrected chi connectivity index (χ2v) is 8.77. The maximum atomic E-state index is 13.5. The number of carbonyl (C=O) groups excluding carboxylic acids is 1. The van der Waals surface area contributed by atoms with Crippen molar-refractivity contribution < 1.29 is 4.79 Å². The summed E-state index contributed by atoms with van der Waals surface area (Å²) in [5.41, 5.74) is 4.69. The number of rotatable bonds is 4. The lowest BCUT2D eigenvalue weighted by Crippen LogP contribution is -2.30. The van der Waals surface area contributed by atoms with E-state index in [4.69, 9.17) is 28.2 Å². The fourth-order valence-corrected chi connectivity index (χ4v) is 4.70. The van der Waals surface area contributed by atoms with E-state index in [1.54, 1.807) is 23.1 Å². The first-order valence-electron chi connectivity index (χ1n) is 9.11. The molecule has 1 aromatic heterocycles. The molecule has 0 saturated carbocycles. The van der Waals surface area contributed by atoms with Gasteiger partial charge in [-0.15, -0.1) is 0 Å². The minimum atomic E-state index is -0.188. The molecule has 0 spiro atoms. The molecule has 3 aromatic carbocycles. The summed E-state index contributed by atoms with van der Waals surface area (Å²) >= 11 is 13.8. The molecule has 4 aromatic rings. The largest absolute Gasteiger partial charge is 0.279 e. The highest BCUT2D eigenvalue weighted by molar-refractivity contribution is 7.22. The lowest BCUT2D eigenvalue weighted by Gasteiger charge is -2.20. The molecule has 0 radical (unpaired) electrons. The number of anilines is 1. The Morgan fingerprint density at radius 2 is 1.69 bits per heavy atom. The number of aryl methyl sites for hydroxylation is 2. The monoisotopic (exact) mass is 440 g/mol. The number of amides is 1. The summed E-state index contributed by atoms with van der Waals surface area (Å²) in [5.74, 6) is -0.188. The van der Waals surface area contributed by atoms with Crippen LogP contribution in [0.3, 0.4) is 0 Å². The van der Waals surface area contributed by atoms with Crippen molar-refractivity contribution in [3.05, 3.63) is 93.0 Å². The zero-order valence-electron chi connectivity index (χ0n) is 15.9. The summed E-state index contributed by atoms with van der Waals surface area (Å²) in [6.07, 6.45) is 0. The van der Waals surface area contributed by atoms with Gasteiger partial charge in [0.1, 0.15) is 0 Å². The quantitative estimate of drug-likeness (QED) is 0.339. The Kier molecular flexibility index (Phi) is 5.59. The molecule has 0 aliphatic rings.